The number of nitrogens with zero attached hydrogens (tertiary/aromatic N) is 1. The molecule has 108 valence electrons. The molecule has 0 saturated carbocycles. The summed E-state index contributed by atoms with van der Waals surface area (Å²) in [5.74, 6) is -0.153. The van der Waals surface area contributed by atoms with Gasteiger partial charge in [-0.05, 0) is 58.2 Å². The topological polar surface area (TPSA) is 54.0 Å². The third-order valence-electron chi connectivity index (χ3n) is 3.41. The number of fused-ring (bicyclic) bond motifs is 1. The Morgan fingerprint density at radius 1 is 1.33 bits per heavy atom. The summed E-state index contributed by atoms with van der Waals surface area (Å²) < 4.78 is 0.650. The highest BCUT2D eigenvalue weighted by atomic mass is 79.9. The molecule has 2 N–H and O–H groups in total. The third-order valence-corrected chi connectivity index (χ3v) is 4.54. The minimum Gasteiger partial charge on any atom is -0.321 e. The Kier molecular flexibility index (Phi) is 4.24. The zero-order valence-electron chi connectivity index (χ0n) is 11.1. The predicted octanol–water partition coefficient (Wildman–Crippen LogP) is 3.40. The molecule has 0 aliphatic carbocycles. The molecule has 0 spiro atoms. The van der Waals surface area contributed by atoms with Crippen LogP contribution in [0.1, 0.15) is 21.5 Å². The molecule has 2 aromatic rings. The lowest BCUT2D eigenvalue weighted by Crippen LogP contribution is -2.24. The Labute approximate surface area is 136 Å². The number of hydrogen-bond donors (Lipinski definition) is 2. The normalized spacial score (nSPS) is 13.6. The van der Waals surface area contributed by atoms with Gasteiger partial charge in [-0.25, -0.2) is 4.98 Å². The molecule has 0 unspecified atom stereocenters. The predicted molar refractivity (Wildman–Crippen MR) is 86.8 cm³/mol. The summed E-state index contributed by atoms with van der Waals surface area (Å²) >= 11 is 9.12. The fourth-order valence-corrected chi connectivity index (χ4v) is 2.77. The number of pyridine rings is 1. The number of halogens is 2. The van der Waals surface area contributed by atoms with E-state index >= 15 is 0 Å². The molecular weight excluding hydrogens is 354 g/mol. The van der Waals surface area contributed by atoms with Crippen LogP contribution >= 0.6 is 27.5 Å². The van der Waals surface area contributed by atoms with Gasteiger partial charge < -0.3 is 10.6 Å². The first-order valence-electron chi connectivity index (χ1n) is 6.58. The number of carbonyl (C=O) groups is 1. The average Bonchev–Trinajstić information content (AvgIpc) is 2.50. The molecule has 0 bridgehead atoms. The molecule has 1 aromatic heterocycles. The SMILES string of the molecule is O=C(Nc1cnc(Cl)c(Br)c1)c1ccc2c(c1)CNCC2. The highest BCUT2D eigenvalue weighted by Crippen LogP contribution is 2.23. The molecule has 1 aliphatic rings. The molecular formula is C15H13BrClN3O. The number of aromatic nitrogens is 1. The van der Waals surface area contributed by atoms with E-state index in [1.807, 2.05) is 18.2 Å². The summed E-state index contributed by atoms with van der Waals surface area (Å²) in [4.78, 5) is 16.3. The van der Waals surface area contributed by atoms with Crippen LogP contribution < -0.4 is 10.6 Å². The molecule has 2 heterocycles. The summed E-state index contributed by atoms with van der Waals surface area (Å²) in [6.07, 6.45) is 2.54. The van der Waals surface area contributed by atoms with Crippen LogP contribution in [0.5, 0.6) is 0 Å². The van der Waals surface area contributed by atoms with Crippen molar-refractivity contribution in [1.82, 2.24) is 10.3 Å². The molecule has 3 rings (SSSR count). The quantitative estimate of drug-likeness (QED) is 0.801. The van der Waals surface area contributed by atoms with E-state index < -0.39 is 0 Å². The van der Waals surface area contributed by atoms with Gasteiger partial charge in [0.25, 0.3) is 5.91 Å². The van der Waals surface area contributed by atoms with Crippen LogP contribution in [-0.2, 0) is 13.0 Å². The lowest BCUT2D eigenvalue weighted by atomic mass is 9.98. The molecule has 1 aromatic carbocycles. The van der Waals surface area contributed by atoms with Gasteiger partial charge in [-0.15, -0.1) is 0 Å². The number of amides is 1. The zero-order valence-corrected chi connectivity index (χ0v) is 13.5. The van der Waals surface area contributed by atoms with Crippen molar-refractivity contribution in [2.24, 2.45) is 0 Å². The largest absolute Gasteiger partial charge is 0.321 e. The minimum atomic E-state index is -0.153. The summed E-state index contributed by atoms with van der Waals surface area (Å²) in [7, 11) is 0. The third kappa shape index (κ3) is 3.26. The molecule has 4 nitrogen and oxygen atoms in total. The van der Waals surface area contributed by atoms with Gasteiger partial charge >= 0.3 is 0 Å². The maximum atomic E-state index is 12.3. The monoisotopic (exact) mass is 365 g/mol. The molecule has 0 radical (unpaired) electrons. The molecule has 0 atom stereocenters. The lowest BCUT2D eigenvalue weighted by molar-refractivity contribution is 0.102. The van der Waals surface area contributed by atoms with Crippen LogP contribution in [0.25, 0.3) is 0 Å². The van der Waals surface area contributed by atoms with Crippen LogP contribution in [0.15, 0.2) is 34.9 Å². The fourth-order valence-electron chi connectivity index (χ4n) is 2.31. The summed E-state index contributed by atoms with van der Waals surface area (Å²) in [5, 5.41) is 6.50. The standard InChI is InChI=1S/C15H13BrClN3O/c16-13-6-12(8-19-14(13)17)20-15(21)10-2-1-9-3-4-18-7-11(9)5-10/h1-2,5-6,8,18H,3-4,7H2,(H,20,21). The van der Waals surface area contributed by atoms with Crippen molar-refractivity contribution in [3.63, 3.8) is 0 Å². The van der Waals surface area contributed by atoms with Crippen LogP contribution in [0, 0.1) is 0 Å². The van der Waals surface area contributed by atoms with Crippen LogP contribution in [0.4, 0.5) is 5.69 Å². The van der Waals surface area contributed by atoms with E-state index in [2.05, 4.69) is 31.5 Å². The first-order valence-corrected chi connectivity index (χ1v) is 7.75. The zero-order chi connectivity index (χ0) is 14.8. The highest BCUT2D eigenvalue weighted by molar-refractivity contribution is 9.10. The second kappa shape index (κ2) is 6.13. The Morgan fingerprint density at radius 2 is 2.19 bits per heavy atom. The van der Waals surface area contributed by atoms with Gasteiger partial charge in [0.05, 0.1) is 16.4 Å². The van der Waals surface area contributed by atoms with Crippen LogP contribution in [0.2, 0.25) is 5.15 Å². The first kappa shape index (κ1) is 14.5. The van der Waals surface area contributed by atoms with Crippen molar-refractivity contribution in [1.29, 1.82) is 0 Å². The second-order valence-corrected chi connectivity index (χ2v) is 6.07. The van der Waals surface area contributed by atoms with Crippen molar-refractivity contribution in [2.75, 3.05) is 11.9 Å². The van der Waals surface area contributed by atoms with E-state index in [0.29, 0.717) is 20.9 Å². The summed E-state index contributed by atoms with van der Waals surface area (Å²) in [6, 6.07) is 7.56. The van der Waals surface area contributed by atoms with Gasteiger partial charge in [0.15, 0.2) is 0 Å². The van der Waals surface area contributed by atoms with Crippen LogP contribution in [0.3, 0.4) is 0 Å². The Hall–Kier alpha value is -1.43. The van der Waals surface area contributed by atoms with E-state index in [1.54, 1.807) is 6.07 Å². The highest BCUT2D eigenvalue weighted by Gasteiger charge is 2.13. The number of carbonyl (C=O) groups excluding carboxylic acids is 1. The molecule has 21 heavy (non-hydrogen) atoms. The average molecular weight is 367 g/mol. The van der Waals surface area contributed by atoms with Crippen molar-refractivity contribution in [2.45, 2.75) is 13.0 Å². The summed E-state index contributed by atoms with van der Waals surface area (Å²) in [6.45, 7) is 1.80. The van der Waals surface area contributed by atoms with Gasteiger partial charge in [0, 0.05) is 12.1 Å². The number of hydrogen-bond acceptors (Lipinski definition) is 3. The number of anilines is 1. The fraction of sp³-hybridized carbons (Fsp3) is 0.200. The van der Waals surface area contributed by atoms with E-state index in [4.69, 9.17) is 11.6 Å². The number of rotatable bonds is 2. The summed E-state index contributed by atoms with van der Waals surface area (Å²) in [5.41, 5.74) is 3.74. The molecule has 1 aliphatic heterocycles. The van der Waals surface area contributed by atoms with Crippen molar-refractivity contribution in [3.8, 4) is 0 Å². The van der Waals surface area contributed by atoms with E-state index in [0.717, 1.165) is 19.5 Å². The lowest BCUT2D eigenvalue weighted by Gasteiger charge is -2.17. The van der Waals surface area contributed by atoms with Crippen molar-refractivity contribution in [3.05, 3.63) is 56.8 Å². The van der Waals surface area contributed by atoms with Gasteiger partial charge in [0.1, 0.15) is 5.15 Å². The van der Waals surface area contributed by atoms with Gasteiger partial charge in [0.2, 0.25) is 0 Å². The van der Waals surface area contributed by atoms with Crippen molar-refractivity contribution < 1.29 is 4.79 Å². The van der Waals surface area contributed by atoms with E-state index in [1.165, 1.54) is 17.3 Å². The second-order valence-electron chi connectivity index (χ2n) is 4.86. The maximum absolute atomic E-state index is 12.3. The Morgan fingerprint density at radius 3 is 3.00 bits per heavy atom. The van der Waals surface area contributed by atoms with Crippen LogP contribution in [-0.4, -0.2) is 17.4 Å². The van der Waals surface area contributed by atoms with Gasteiger partial charge in [-0.3, -0.25) is 4.79 Å². The Balaban J connectivity index is 1.80. The van der Waals surface area contributed by atoms with Gasteiger partial charge in [-0.1, -0.05) is 17.7 Å². The van der Waals surface area contributed by atoms with Gasteiger partial charge in [-0.2, -0.15) is 0 Å². The molecule has 0 saturated heterocycles. The molecule has 1 amide bonds. The molecule has 0 fully saturated rings. The van der Waals surface area contributed by atoms with E-state index in [9.17, 15) is 4.79 Å². The number of benzene rings is 1. The smallest absolute Gasteiger partial charge is 0.255 e. The van der Waals surface area contributed by atoms with E-state index in [-0.39, 0.29) is 5.91 Å². The number of nitrogens with one attached hydrogen (secondary N) is 2. The van der Waals surface area contributed by atoms with Crippen molar-refractivity contribution >= 4 is 39.1 Å². The minimum absolute atomic E-state index is 0.153. The Bertz CT molecular complexity index is 705. The first-order chi connectivity index (χ1) is 10.1. The maximum Gasteiger partial charge on any atom is 0.255 e. The molecule has 6 heteroatoms.